The van der Waals surface area contributed by atoms with Gasteiger partial charge in [0.15, 0.2) is 0 Å². The molecular formula is C15H17ClO2S. The van der Waals surface area contributed by atoms with Crippen LogP contribution < -0.4 is 9.47 Å². The Morgan fingerprint density at radius 1 is 1.05 bits per heavy atom. The van der Waals surface area contributed by atoms with E-state index in [1.54, 1.807) is 25.6 Å². The second-order valence-electron chi connectivity index (χ2n) is 4.34. The minimum absolute atomic E-state index is 0.227. The van der Waals surface area contributed by atoms with Crippen LogP contribution in [0.15, 0.2) is 24.3 Å². The van der Waals surface area contributed by atoms with Gasteiger partial charge in [-0.25, -0.2) is 0 Å². The minimum Gasteiger partial charge on any atom is -0.497 e. The van der Waals surface area contributed by atoms with Gasteiger partial charge in [-0.05, 0) is 43.7 Å². The fourth-order valence-corrected chi connectivity index (χ4v) is 3.53. The molecule has 2 nitrogen and oxygen atoms in total. The van der Waals surface area contributed by atoms with Gasteiger partial charge in [-0.15, -0.1) is 22.9 Å². The number of aryl methyl sites for hydroxylation is 2. The second kappa shape index (κ2) is 5.85. The van der Waals surface area contributed by atoms with Crippen LogP contribution in [-0.2, 0) is 0 Å². The molecule has 2 aromatic rings. The van der Waals surface area contributed by atoms with Crippen molar-refractivity contribution >= 4 is 22.9 Å². The standard InChI is InChI=1S/C15H17ClO2S/c1-9-7-12(10(2)19-9)15(16)13-8-11(17-3)5-6-14(13)18-4/h5-8,15H,1-4H3. The Morgan fingerprint density at radius 3 is 2.32 bits per heavy atom. The van der Waals surface area contributed by atoms with Gasteiger partial charge in [-0.2, -0.15) is 0 Å². The number of hydrogen-bond acceptors (Lipinski definition) is 3. The third-order valence-corrected chi connectivity index (χ3v) is 4.51. The summed E-state index contributed by atoms with van der Waals surface area (Å²) in [5.41, 5.74) is 2.07. The van der Waals surface area contributed by atoms with Crippen molar-refractivity contribution in [3.05, 3.63) is 45.1 Å². The van der Waals surface area contributed by atoms with E-state index >= 15 is 0 Å². The van der Waals surface area contributed by atoms with Crippen LogP contribution in [0.25, 0.3) is 0 Å². The number of hydrogen-bond donors (Lipinski definition) is 0. The predicted molar refractivity (Wildman–Crippen MR) is 81.0 cm³/mol. The topological polar surface area (TPSA) is 18.5 Å². The summed E-state index contributed by atoms with van der Waals surface area (Å²) < 4.78 is 10.7. The normalized spacial score (nSPS) is 12.3. The average molecular weight is 297 g/mol. The fourth-order valence-electron chi connectivity index (χ4n) is 2.11. The van der Waals surface area contributed by atoms with Gasteiger partial charge in [0, 0.05) is 15.3 Å². The van der Waals surface area contributed by atoms with E-state index in [-0.39, 0.29) is 5.38 Å². The summed E-state index contributed by atoms with van der Waals surface area (Å²) in [7, 11) is 3.30. The Bertz CT molecular complexity index is 578. The Labute approximate surface area is 122 Å². The van der Waals surface area contributed by atoms with Crippen molar-refractivity contribution in [1.82, 2.24) is 0 Å². The van der Waals surface area contributed by atoms with Crippen LogP contribution in [0.5, 0.6) is 11.5 Å². The molecule has 4 heteroatoms. The molecule has 0 saturated heterocycles. The molecule has 19 heavy (non-hydrogen) atoms. The number of benzene rings is 1. The Morgan fingerprint density at radius 2 is 1.79 bits per heavy atom. The van der Waals surface area contributed by atoms with Crippen LogP contribution in [0.4, 0.5) is 0 Å². The molecule has 1 aromatic carbocycles. The minimum atomic E-state index is -0.227. The number of thiophene rings is 1. The average Bonchev–Trinajstić information content (AvgIpc) is 2.76. The van der Waals surface area contributed by atoms with Crippen molar-refractivity contribution in [3.8, 4) is 11.5 Å². The Kier molecular flexibility index (Phi) is 4.38. The first-order valence-electron chi connectivity index (χ1n) is 5.99. The van der Waals surface area contributed by atoms with E-state index in [9.17, 15) is 0 Å². The highest BCUT2D eigenvalue weighted by Crippen LogP contribution is 2.40. The van der Waals surface area contributed by atoms with E-state index in [2.05, 4.69) is 19.9 Å². The van der Waals surface area contributed by atoms with E-state index in [0.29, 0.717) is 0 Å². The number of rotatable bonds is 4. The van der Waals surface area contributed by atoms with Crippen molar-refractivity contribution in [2.24, 2.45) is 0 Å². The summed E-state index contributed by atoms with van der Waals surface area (Å²) in [4.78, 5) is 2.50. The van der Waals surface area contributed by atoms with E-state index < -0.39 is 0 Å². The first-order valence-corrected chi connectivity index (χ1v) is 7.25. The number of halogens is 1. The Hall–Kier alpha value is -1.19. The summed E-state index contributed by atoms with van der Waals surface area (Å²) in [6.45, 7) is 4.18. The van der Waals surface area contributed by atoms with Gasteiger partial charge in [0.2, 0.25) is 0 Å². The molecule has 1 heterocycles. The van der Waals surface area contributed by atoms with Crippen LogP contribution >= 0.6 is 22.9 Å². The molecule has 0 aliphatic rings. The predicted octanol–water partition coefficient (Wildman–Crippen LogP) is 4.71. The molecule has 0 aliphatic heterocycles. The lowest BCUT2D eigenvalue weighted by molar-refractivity contribution is 0.399. The molecule has 0 N–H and O–H groups in total. The summed E-state index contributed by atoms with van der Waals surface area (Å²) in [6.07, 6.45) is 0. The highest BCUT2D eigenvalue weighted by atomic mass is 35.5. The van der Waals surface area contributed by atoms with Gasteiger partial charge < -0.3 is 9.47 Å². The zero-order valence-corrected chi connectivity index (χ0v) is 13.1. The van der Waals surface area contributed by atoms with Gasteiger partial charge in [0.1, 0.15) is 11.5 Å². The molecule has 0 fully saturated rings. The summed E-state index contributed by atoms with van der Waals surface area (Å²) >= 11 is 8.39. The maximum absolute atomic E-state index is 6.63. The first-order chi connectivity index (χ1) is 9.06. The summed E-state index contributed by atoms with van der Waals surface area (Å²) in [5, 5.41) is -0.227. The highest BCUT2D eigenvalue weighted by Gasteiger charge is 2.20. The number of ether oxygens (including phenoxy) is 2. The third kappa shape index (κ3) is 2.88. The lowest BCUT2D eigenvalue weighted by atomic mass is 10.0. The molecule has 1 atom stereocenters. The lowest BCUT2D eigenvalue weighted by Crippen LogP contribution is -1.98. The van der Waals surface area contributed by atoms with Gasteiger partial charge in [0.25, 0.3) is 0 Å². The van der Waals surface area contributed by atoms with E-state index in [1.807, 2.05) is 18.2 Å². The first kappa shape index (κ1) is 14.2. The van der Waals surface area contributed by atoms with Crippen LogP contribution in [0.3, 0.4) is 0 Å². The zero-order chi connectivity index (χ0) is 14.0. The quantitative estimate of drug-likeness (QED) is 0.761. The maximum Gasteiger partial charge on any atom is 0.124 e. The molecule has 0 spiro atoms. The third-order valence-electron chi connectivity index (χ3n) is 3.06. The second-order valence-corrected chi connectivity index (χ2v) is 6.24. The molecule has 0 radical (unpaired) electrons. The Balaban J connectivity index is 2.47. The number of methoxy groups -OCH3 is 2. The van der Waals surface area contributed by atoms with Crippen LogP contribution in [0.1, 0.15) is 26.3 Å². The van der Waals surface area contributed by atoms with Gasteiger partial charge in [-0.3, -0.25) is 0 Å². The lowest BCUT2D eigenvalue weighted by Gasteiger charge is -2.15. The molecule has 2 rings (SSSR count). The van der Waals surface area contributed by atoms with Crippen molar-refractivity contribution in [2.75, 3.05) is 14.2 Å². The summed E-state index contributed by atoms with van der Waals surface area (Å²) in [6, 6.07) is 7.83. The molecule has 0 saturated carbocycles. The van der Waals surface area contributed by atoms with Crippen LogP contribution in [0, 0.1) is 13.8 Å². The van der Waals surface area contributed by atoms with E-state index in [1.165, 1.54) is 9.75 Å². The zero-order valence-electron chi connectivity index (χ0n) is 11.5. The number of alkyl halides is 1. The molecule has 1 unspecified atom stereocenters. The van der Waals surface area contributed by atoms with Gasteiger partial charge in [0.05, 0.1) is 19.6 Å². The van der Waals surface area contributed by atoms with Crippen LogP contribution in [0.2, 0.25) is 0 Å². The van der Waals surface area contributed by atoms with Crippen molar-refractivity contribution in [2.45, 2.75) is 19.2 Å². The molecule has 0 aliphatic carbocycles. The largest absolute Gasteiger partial charge is 0.497 e. The molecule has 102 valence electrons. The van der Waals surface area contributed by atoms with Crippen LogP contribution in [-0.4, -0.2) is 14.2 Å². The van der Waals surface area contributed by atoms with Crippen molar-refractivity contribution in [3.63, 3.8) is 0 Å². The maximum atomic E-state index is 6.63. The van der Waals surface area contributed by atoms with Gasteiger partial charge in [-0.1, -0.05) is 0 Å². The smallest absolute Gasteiger partial charge is 0.124 e. The molecule has 1 aromatic heterocycles. The highest BCUT2D eigenvalue weighted by molar-refractivity contribution is 7.12. The van der Waals surface area contributed by atoms with Crippen molar-refractivity contribution < 1.29 is 9.47 Å². The molecule has 0 bridgehead atoms. The SMILES string of the molecule is COc1ccc(OC)c(C(Cl)c2cc(C)sc2C)c1. The molecular weight excluding hydrogens is 280 g/mol. The molecule has 0 amide bonds. The van der Waals surface area contributed by atoms with E-state index in [4.69, 9.17) is 21.1 Å². The van der Waals surface area contributed by atoms with Crippen molar-refractivity contribution in [1.29, 1.82) is 0 Å². The van der Waals surface area contributed by atoms with Gasteiger partial charge >= 0.3 is 0 Å². The summed E-state index contributed by atoms with van der Waals surface area (Å²) in [5.74, 6) is 1.56. The van der Waals surface area contributed by atoms with E-state index in [0.717, 1.165) is 22.6 Å². The monoisotopic (exact) mass is 296 g/mol. The fraction of sp³-hybridized carbons (Fsp3) is 0.333.